The minimum Gasteiger partial charge on any atom is -0.497 e. The zero-order valence-electron chi connectivity index (χ0n) is 12.8. The number of nitrogens with one attached hydrogen (secondary N) is 2. The predicted octanol–water partition coefficient (Wildman–Crippen LogP) is 2.78. The molecule has 0 unspecified atom stereocenters. The highest BCUT2D eigenvalue weighted by molar-refractivity contribution is 5.73. The number of hydrogen-bond acceptors (Lipinski definition) is 2. The molecule has 0 aliphatic carbocycles. The minimum atomic E-state index is -0.121. The van der Waals surface area contributed by atoms with Crippen molar-refractivity contribution in [1.82, 2.24) is 10.6 Å². The second-order valence-electron chi connectivity index (χ2n) is 5.02. The lowest BCUT2D eigenvalue weighted by molar-refractivity contribution is 0.241. The molecule has 0 bridgehead atoms. The number of ether oxygens (including phenoxy) is 1. The van der Waals surface area contributed by atoms with E-state index in [9.17, 15) is 4.79 Å². The van der Waals surface area contributed by atoms with Gasteiger partial charge in [-0.25, -0.2) is 4.79 Å². The van der Waals surface area contributed by atoms with E-state index in [4.69, 9.17) is 4.74 Å². The second kappa shape index (κ2) is 8.72. The summed E-state index contributed by atoms with van der Waals surface area (Å²) >= 11 is 0. The van der Waals surface area contributed by atoms with Gasteiger partial charge in [0, 0.05) is 13.1 Å². The summed E-state index contributed by atoms with van der Waals surface area (Å²) in [5, 5.41) is 5.73. The molecule has 0 fully saturated rings. The van der Waals surface area contributed by atoms with Crippen molar-refractivity contribution in [3.05, 3.63) is 65.7 Å². The highest BCUT2D eigenvalue weighted by Crippen LogP contribution is 2.11. The topological polar surface area (TPSA) is 50.4 Å². The van der Waals surface area contributed by atoms with E-state index in [0.717, 1.165) is 18.6 Å². The van der Waals surface area contributed by atoms with Gasteiger partial charge in [-0.1, -0.05) is 42.5 Å². The largest absolute Gasteiger partial charge is 0.497 e. The van der Waals surface area contributed by atoms with Crippen LogP contribution in [0.2, 0.25) is 0 Å². The number of amides is 2. The maximum atomic E-state index is 11.7. The Labute approximate surface area is 131 Å². The molecule has 0 radical (unpaired) electrons. The fourth-order valence-electron chi connectivity index (χ4n) is 2.14. The smallest absolute Gasteiger partial charge is 0.314 e. The minimum absolute atomic E-state index is 0.121. The maximum Gasteiger partial charge on any atom is 0.314 e. The lowest BCUT2D eigenvalue weighted by Crippen LogP contribution is -2.37. The molecule has 2 amide bonds. The number of carbonyl (C=O) groups excluding carboxylic acids is 1. The first-order valence-corrected chi connectivity index (χ1v) is 7.46. The van der Waals surface area contributed by atoms with E-state index >= 15 is 0 Å². The molecule has 0 atom stereocenters. The highest BCUT2D eigenvalue weighted by Gasteiger charge is 2.00. The van der Waals surface area contributed by atoms with Crippen LogP contribution in [-0.2, 0) is 12.8 Å². The van der Waals surface area contributed by atoms with Gasteiger partial charge in [-0.15, -0.1) is 0 Å². The van der Waals surface area contributed by atoms with E-state index in [0.29, 0.717) is 13.1 Å². The molecule has 116 valence electrons. The van der Waals surface area contributed by atoms with Crippen LogP contribution in [0.4, 0.5) is 4.79 Å². The molecular formula is C18H22N2O2. The SMILES string of the molecule is COc1ccc(CCNC(=O)NCCc2ccccc2)cc1. The Bertz CT molecular complexity index is 567. The number of methoxy groups -OCH3 is 1. The Balaban J connectivity index is 1.61. The Morgan fingerprint density at radius 2 is 1.41 bits per heavy atom. The first-order chi connectivity index (χ1) is 10.8. The summed E-state index contributed by atoms with van der Waals surface area (Å²) < 4.78 is 5.11. The van der Waals surface area contributed by atoms with Crippen molar-refractivity contribution in [2.24, 2.45) is 0 Å². The van der Waals surface area contributed by atoms with Crippen molar-refractivity contribution in [1.29, 1.82) is 0 Å². The first-order valence-electron chi connectivity index (χ1n) is 7.46. The van der Waals surface area contributed by atoms with Gasteiger partial charge in [-0.05, 0) is 36.1 Å². The van der Waals surface area contributed by atoms with Crippen molar-refractivity contribution in [3.8, 4) is 5.75 Å². The molecule has 2 aromatic carbocycles. The summed E-state index contributed by atoms with van der Waals surface area (Å²) in [5.41, 5.74) is 2.39. The molecule has 0 aliphatic heterocycles. The molecule has 2 N–H and O–H groups in total. The van der Waals surface area contributed by atoms with Crippen LogP contribution in [0.15, 0.2) is 54.6 Å². The molecule has 4 nitrogen and oxygen atoms in total. The molecule has 0 spiro atoms. The summed E-state index contributed by atoms with van der Waals surface area (Å²) in [7, 11) is 1.65. The molecule has 4 heteroatoms. The third kappa shape index (κ3) is 5.48. The molecule has 0 heterocycles. The van der Waals surface area contributed by atoms with Crippen molar-refractivity contribution < 1.29 is 9.53 Å². The average Bonchev–Trinajstić information content (AvgIpc) is 2.56. The van der Waals surface area contributed by atoms with Crippen molar-refractivity contribution in [2.45, 2.75) is 12.8 Å². The predicted molar refractivity (Wildman–Crippen MR) is 88.2 cm³/mol. The Morgan fingerprint density at radius 3 is 1.95 bits per heavy atom. The summed E-state index contributed by atoms with van der Waals surface area (Å²) in [6.45, 7) is 1.25. The van der Waals surface area contributed by atoms with Crippen molar-refractivity contribution in [3.63, 3.8) is 0 Å². The standard InChI is InChI=1S/C18H22N2O2/c1-22-17-9-7-16(8-10-17)12-14-20-18(21)19-13-11-15-5-3-2-4-6-15/h2-10H,11-14H2,1H3,(H2,19,20,21). The maximum absolute atomic E-state index is 11.7. The molecule has 0 saturated carbocycles. The van der Waals surface area contributed by atoms with E-state index in [1.807, 2.05) is 42.5 Å². The Morgan fingerprint density at radius 1 is 0.864 bits per heavy atom. The highest BCUT2D eigenvalue weighted by atomic mass is 16.5. The fraction of sp³-hybridized carbons (Fsp3) is 0.278. The monoisotopic (exact) mass is 298 g/mol. The molecule has 0 aliphatic rings. The summed E-state index contributed by atoms with van der Waals surface area (Å²) in [5.74, 6) is 0.843. The Hall–Kier alpha value is -2.49. The van der Waals surface area contributed by atoms with Gasteiger partial charge >= 0.3 is 6.03 Å². The van der Waals surface area contributed by atoms with E-state index in [1.54, 1.807) is 7.11 Å². The summed E-state index contributed by atoms with van der Waals surface area (Å²) in [6, 6.07) is 17.9. The van der Waals surface area contributed by atoms with Crippen LogP contribution >= 0.6 is 0 Å². The van der Waals surface area contributed by atoms with Gasteiger partial charge in [0.1, 0.15) is 5.75 Å². The molecule has 0 saturated heterocycles. The van der Waals surface area contributed by atoms with Gasteiger partial charge in [0.25, 0.3) is 0 Å². The molecule has 2 rings (SSSR count). The summed E-state index contributed by atoms with van der Waals surface area (Å²) in [6.07, 6.45) is 1.64. The van der Waals surface area contributed by atoms with E-state index in [-0.39, 0.29) is 6.03 Å². The lowest BCUT2D eigenvalue weighted by atomic mass is 10.1. The van der Waals surface area contributed by atoms with Gasteiger partial charge in [0.2, 0.25) is 0 Å². The van der Waals surface area contributed by atoms with Crippen LogP contribution in [-0.4, -0.2) is 26.2 Å². The van der Waals surface area contributed by atoms with Gasteiger partial charge < -0.3 is 15.4 Å². The van der Waals surface area contributed by atoms with Crippen LogP contribution in [0.25, 0.3) is 0 Å². The quantitative estimate of drug-likeness (QED) is 0.826. The second-order valence-corrected chi connectivity index (χ2v) is 5.02. The molecule has 22 heavy (non-hydrogen) atoms. The van der Waals surface area contributed by atoms with Gasteiger partial charge in [0.05, 0.1) is 7.11 Å². The van der Waals surface area contributed by atoms with Gasteiger partial charge in [0.15, 0.2) is 0 Å². The number of hydrogen-bond donors (Lipinski definition) is 2. The van der Waals surface area contributed by atoms with Crippen molar-refractivity contribution >= 4 is 6.03 Å². The van der Waals surface area contributed by atoms with Crippen molar-refractivity contribution in [2.75, 3.05) is 20.2 Å². The van der Waals surface area contributed by atoms with E-state index in [2.05, 4.69) is 22.8 Å². The van der Waals surface area contributed by atoms with Crippen LogP contribution in [0.1, 0.15) is 11.1 Å². The number of urea groups is 1. The third-order valence-corrected chi connectivity index (χ3v) is 3.40. The van der Waals surface area contributed by atoms with Gasteiger partial charge in [-0.2, -0.15) is 0 Å². The van der Waals surface area contributed by atoms with Crippen LogP contribution in [0.3, 0.4) is 0 Å². The summed E-state index contributed by atoms with van der Waals surface area (Å²) in [4.78, 5) is 11.7. The van der Waals surface area contributed by atoms with Crippen LogP contribution in [0.5, 0.6) is 5.75 Å². The third-order valence-electron chi connectivity index (χ3n) is 3.40. The zero-order chi connectivity index (χ0) is 15.6. The fourth-order valence-corrected chi connectivity index (χ4v) is 2.14. The van der Waals surface area contributed by atoms with E-state index in [1.165, 1.54) is 11.1 Å². The first kappa shape index (κ1) is 15.9. The normalized spacial score (nSPS) is 10.0. The zero-order valence-corrected chi connectivity index (χ0v) is 12.8. The molecule has 2 aromatic rings. The van der Waals surface area contributed by atoms with Crippen LogP contribution in [0, 0.1) is 0 Å². The number of rotatable bonds is 7. The van der Waals surface area contributed by atoms with E-state index < -0.39 is 0 Å². The Kier molecular flexibility index (Phi) is 6.30. The molecular weight excluding hydrogens is 276 g/mol. The van der Waals surface area contributed by atoms with Crippen LogP contribution < -0.4 is 15.4 Å². The molecule has 0 aromatic heterocycles. The lowest BCUT2D eigenvalue weighted by Gasteiger charge is -2.08. The number of benzene rings is 2. The average molecular weight is 298 g/mol. The van der Waals surface area contributed by atoms with Gasteiger partial charge in [-0.3, -0.25) is 0 Å². The number of carbonyl (C=O) groups is 1.